The molecule has 0 unspecified atom stereocenters. The molecular weight excluding hydrogens is 522 g/mol. The molecule has 0 atom stereocenters. The summed E-state index contributed by atoms with van der Waals surface area (Å²) in [6.07, 6.45) is 0. The van der Waals surface area contributed by atoms with Crippen LogP contribution in [-0.4, -0.2) is 46.8 Å². The van der Waals surface area contributed by atoms with Crippen LogP contribution in [0, 0.1) is 6.92 Å². The van der Waals surface area contributed by atoms with Crippen molar-refractivity contribution in [3.63, 3.8) is 0 Å². The summed E-state index contributed by atoms with van der Waals surface area (Å²) < 4.78 is 58.7. The molecule has 2 rings (SSSR count). The Labute approximate surface area is 226 Å². The van der Waals surface area contributed by atoms with Gasteiger partial charge in [0, 0.05) is 25.3 Å². The Bertz CT molecular complexity index is 1220. The summed E-state index contributed by atoms with van der Waals surface area (Å²) in [6.45, 7) is 7.21. The number of rotatable bonds is 10. The predicted molar refractivity (Wildman–Crippen MR) is 125 cm³/mol. The second-order valence-electron chi connectivity index (χ2n) is 6.74. The van der Waals surface area contributed by atoms with Crippen molar-refractivity contribution in [1.29, 1.82) is 0 Å². The van der Waals surface area contributed by atoms with Crippen molar-refractivity contribution in [1.82, 2.24) is 4.72 Å². The van der Waals surface area contributed by atoms with Crippen molar-refractivity contribution in [2.45, 2.75) is 25.7 Å². The molecule has 176 valence electrons. The fourth-order valence-corrected chi connectivity index (χ4v) is 5.15. The van der Waals surface area contributed by atoms with Gasteiger partial charge in [-0.1, -0.05) is 23.2 Å². The first-order valence-electron chi connectivity index (χ1n) is 9.57. The van der Waals surface area contributed by atoms with E-state index >= 15 is 0 Å². The number of anilines is 1. The van der Waals surface area contributed by atoms with Gasteiger partial charge in [-0.05, 0) is 56.7 Å². The van der Waals surface area contributed by atoms with Gasteiger partial charge in [0.05, 0.1) is 31.6 Å². The molecule has 0 aromatic heterocycles. The monoisotopic (exact) mass is 544 g/mol. The predicted octanol–water partition coefficient (Wildman–Crippen LogP) is 1.39. The number of hydrogen-bond donors (Lipinski definition) is 1. The Morgan fingerprint density at radius 1 is 0.970 bits per heavy atom. The summed E-state index contributed by atoms with van der Waals surface area (Å²) in [6, 6.07) is 8.09. The Kier molecular flexibility index (Phi) is 11.7. The number of aryl methyl sites for hydroxylation is 1. The van der Waals surface area contributed by atoms with E-state index in [0.29, 0.717) is 5.69 Å². The van der Waals surface area contributed by atoms with Crippen molar-refractivity contribution in [2.24, 2.45) is 10.2 Å². The molecule has 0 aliphatic heterocycles. The Morgan fingerprint density at radius 3 is 2.12 bits per heavy atom. The number of nitrogens with one attached hydrogen (secondary N) is 1. The van der Waals surface area contributed by atoms with Gasteiger partial charge in [-0.3, -0.25) is 0 Å². The van der Waals surface area contributed by atoms with Gasteiger partial charge in [0.15, 0.2) is 0 Å². The zero-order valence-electron chi connectivity index (χ0n) is 18.7. The zero-order valence-corrected chi connectivity index (χ0v) is 23.8. The third kappa shape index (κ3) is 8.75. The quantitative estimate of drug-likeness (QED) is 0.273. The third-order valence-corrected chi connectivity index (χ3v) is 7.44. The maximum absolute atomic E-state index is 12.4. The summed E-state index contributed by atoms with van der Waals surface area (Å²) in [5.74, 6) is -0.893. The number of sulfonamides is 1. The third-order valence-electron chi connectivity index (χ3n) is 4.51. The number of halogens is 2. The first-order chi connectivity index (χ1) is 14.9. The van der Waals surface area contributed by atoms with Crippen molar-refractivity contribution < 1.29 is 50.9 Å². The van der Waals surface area contributed by atoms with E-state index in [1.165, 1.54) is 6.07 Å². The Morgan fingerprint density at radius 2 is 1.58 bits per heavy atom. The van der Waals surface area contributed by atoms with Crippen LogP contribution in [0.15, 0.2) is 45.5 Å². The number of benzene rings is 2. The van der Waals surface area contributed by atoms with Gasteiger partial charge < -0.3 is 9.45 Å². The van der Waals surface area contributed by atoms with E-state index in [1.54, 1.807) is 0 Å². The molecule has 0 bridgehead atoms. The van der Waals surface area contributed by atoms with Gasteiger partial charge in [-0.15, -0.1) is 5.11 Å². The van der Waals surface area contributed by atoms with E-state index in [0.717, 1.165) is 30.4 Å². The fraction of sp³-hybridized carbons (Fsp3) is 0.368. The molecule has 0 spiro atoms. The normalized spacial score (nSPS) is 12.1. The second kappa shape index (κ2) is 12.8. The molecule has 0 aliphatic carbocycles. The minimum Gasteiger partial charge on any atom is -0.748 e. The molecule has 0 fully saturated rings. The maximum atomic E-state index is 12.4. The van der Waals surface area contributed by atoms with Crippen molar-refractivity contribution >= 4 is 60.4 Å². The van der Waals surface area contributed by atoms with Gasteiger partial charge in [0.2, 0.25) is 10.0 Å². The molecular formula is C19H23Cl2N4NaO5S2. The van der Waals surface area contributed by atoms with Crippen LogP contribution >= 0.6 is 23.2 Å². The summed E-state index contributed by atoms with van der Waals surface area (Å²) >= 11 is 12.3. The van der Waals surface area contributed by atoms with Crippen LogP contribution in [0.25, 0.3) is 0 Å². The van der Waals surface area contributed by atoms with Crippen LogP contribution in [0.5, 0.6) is 0 Å². The molecule has 2 aromatic carbocycles. The summed E-state index contributed by atoms with van der Waals surface area (Å²) in [5.41, 5.74) is 2.74. The summed E-state index contributed by atoms with van der Waals surface area (Å²) in [5, 5.41) is 8.08. The van der Waals surface area contributed by atoms with Gasteiger partial charge in [0.1, 0.15) is 10.6 Å². The average molecular weight is 545 g/mol. The van der Waals surface area contributed by atoms with Crippen LogP contribution in [0.1, 0.15) is 19.4 Å². The molecule has 1 N–H and O–H groups in total. The molecule has 0 saturated heterocycles. The summed E-state index contributed by atoms with van der Waals surface area (Å²) in [7, 11) is -8.76. The molecule has 0 amide bonds. The molecule has 0 radical (unpaired) electrons. The summed E-state index contributed by atoms with van der Waals surface area (Å²) in [4.78, 5) is 1.83. The van der Waals surface area contributed by atoms with E-state index in [4.69, 9.17) is 23.2 Å². The van der Waals surface area contributed by atoms with Crippen LogP contribution < -0.4 is 39.2 Å². The van der Waals surface area contributed by atoms with Crippen molar-refractivity contribution in [3.05, 3.63) is 45.9 Å². The number of hydrogen-bond acceptors (Lipinski definition) is 8. The van der Waals surface area contributed by atoms with E-state index in [1.807, 2.05) is 29.8 Å². The second-order valence-corrected chi connectivity index (χ2v) is 10.8. The SMILES string of the molecule is CCN(CC)c1ccc(N=Nc2cc(Cl)c(S(=O)(=O)NCCS(=O)(=O)[O-])cc2Cl)c(C)c1.[Na+]. The van der Waals surface area contributed by atoms with Gasteiger partial charge in [-0.2, -0.15) is 5.11 Å². The van der Waals surface area contributed by atoms with Crippen LogP contribution in [0.2, 0.25) is 10.0 Å². The van der Waals surface area contributed by atoms with Crippen LogP contribution in [0.4, 0.5) is 17.1 Å². The van der Waals surface area contributed by atoms with Gasteiger partial charge in [0.25, 0.3) is 0 Å². The first-order valence-corrected chi connectivity index (χ1v) is 13.4. The zero-order chi connectivity index (χ0) is 24.1. The standard InChI is InChI=1S/C19H24Cl2N4O5S2.Na/c1-4-25(5-2)14-6-7-17(13(3)10-14)23-24-18-11-16(21)19(12-15(18)20)32(29,30)22-8-9-31(26,27)28;/h6-7,10-12,22H,4-5,8-9H2,1-3H3,(H,26,27,28);/q;+1/p-1. The van der Waals surface area contributed by atoms with E-state index in [9.17, 15) is 21.4 Å². The van der Waals surface area contributed by atoms with Crippen LogP contribution in [-0.2, 0) is 20.1 Å². The Hall–Kier alpha value is -0.760. The molecule has 0 saturated carbocycles. The van der Waals surface area contributed by atoms with E-state index in [-0.39, 0.29) is 50.2 Å². The van der Waals surface area contributed by atoms with Crippen LogP contribution in [0.3, 0.4) is 0 Å². The maximum Gasteiger partial charge on any atom is 1.00 e. The van der Waals surface area contributed by atoms with E-state index in [2.05, 4.69) is 29.0 Å². The molecule has 14 heteroatoms. The molecule has 2 aromatic rings. The number of nitrogens with zero attached hydrogens (tertiary/aromatic N) is 3. The first kappa shape index (κ1) is 30.3. The number of azo groups is 1. The minimum absolute atomic E-state index is 0. The molecule has 0 aliphatic rings. The fourth-order valence-electron chi connectivity index (χ4n) is 2.82. The molecule has 33 heavy (non-hydrogen) atoms. The average Bonchev–Trinajstić information content (AvgIpc) is 2.69. The largest absolute Gasteiger partial charge is 1.00 e. The Balaban J connectivity index is 0.00000544. The molecule has 9 nitrogen and oxygen atoms in total. The van der Waals surface area contributed by atoms with Crippen molar-refractivity contribution in [3.8, 4) is 0 Å². The van der Waals surface area contributed by atoms with E-state index < -0.39 is 32.4 Å². The van der Waals surface area contributed by atoms with Gasteiger partial charge in [-0.25, -0.2) is 21.6 Å². The molecule has 0 heterocycles. The topological polar surface area (TPSA) is 131 Å². The van der Waals surface area contributed by atoms with Gasteiger partial charge >= 0.3 is 29.6 Å². The minimum atomic E-state index is -4.57. The smallest absolute Gasteiger partial charge is 0.748 e. The van der Waals surface area contributed by atoms with Crippen molar-refractivity contribution in [2.75, 3.05) is 30.3 Å².